The first-order chi connectivity index (χ1) is 15.2. The van der Waals surface area contributed by atoms with Crippen molar-refractivity contribution in [1.82, 2.24) is 5.32 Å². The smallest absolute Gasteiger partial charge is 0.408 e. The quantitative estimate of drug-likeness (QED) is 0.509. The van der Waals surface area contributed by atoms with E-state index in [-0.39, 0.29) is 13.2 Å². The number of alkyl carbamates (subject to hydrolysis) is 1. The molecule has 0 aliphatic carbocycles. The summed E-state index contributed by atoms with van der Waals surface area (Å²) in [6, 6.07) is 15.9. The molecule has 3 atom stereocenters. The van der Waals surface area contributed by atoms with Crippen LogP contribution < -0.4 is 14.8 Å². The van der Waals surface area contributed by atoms with Crippen LogP contribution in [0.5, 0.6) is 11.5 Å². The number of hydrogen-bond acceptors (Lipinski definition) is 6. The van der Waals surface area contributed by atoms with Gasteiger partial charge in [0.25, 0.3) is 0 Å². The Hall–Kier alpha value is -3.03. The lowest BCUT2D eigenvalue weighted by Gasteiger charge is -2.31. The maximum Gasteiger partial charge on any atom is 0.408 e. The van der Waals surface area contributed by atoms with E-state index in [1.54, 1.807) is 52.1 Å². The van der Waals surface area contributed by atoms with Gasteiger partial charge in [0.15, 0.2) is 0 Å². The second-order valence-corrected chi connectivity index (χ2v) is 8.23. The van der Waals surface area contributed by atoms with Crippen LogP contribution in [0.2, 0.25) is 0 Å². The molecule has 2 aromatic rings. The summed E-state index contributed by atoms with van der Waals surface area (Å²) in [7, 11) is 1.59. The van der Waals surface area contributed by atoms with Gasteiger partial charge in [0, 0.05) is 0 Å². The molecule has 7 heteroatoms. The summed E-state index contributed by atoms with van der Waals surface area (Å²) >= 11 is 0. The maximum absolute atomic E-state index is 12.5. The number of rotatable bonds is 11. The van der Waals surface area contributed by atoms with E-state index in [2.05, 4.69) is 11.9 Å². The molecule has 0 spiro atoms. The molecule has 0 radical (unpaired) electrons. The van der Waals surface area contributed by atoms with Gasteiger partial charge in [-0.3, -0.25) is 0 Å². The van der Waals surface area contributed by atoms with Crippen LogP contribution in [0.25, 0.3) is 0 Å². The van der Waals surface area contributed by atoms with Crippen LogP contribution in [0.15, 0.2) is 67.3 Å². The van der Waals surface area contributed by atoms with Crippen LogP contribution in [0.1, 0.15) is 26.3 Å². The number of carbonyl (C=O) groups excluding carboxylic acids is 1. The predicted octanol–water partition coefficient (Wildman–Crippen LogP) is 4.10. The normalized spacial score (nSPS) is 14.0. The number of benzene rings is 2. The first-order valence-corrected chi connectivity index (χ1v) is 10.4. The topological polar surface area (TPSA) is 86.3 Å². The monoisotopic (exact) mass is 443 g/mol. The summed E-state index contributed by atoms with van der Waals surface area (Å²) in [6.07, 6.45) is -1.13. The average molecular weight is 444 g/mol. The van der Waals surface area contributed by atoms with Gasteiger partial charge in [0.1, 0.15) is 35.9 Å². The Morgan fingerprint density at radius 1 is 1.09 bits per heavy atom. The highest BCUT2D eigenvalue weighted by Crippen LogP contribution is 2.19. The summed E-state index contributed by atoms with van der Waals surface area (Å²) < 4.78 is 22.4. The van der Waals surface area contributed by atoms with Crippen LogP contribution >= 0.6 is 0 Å². The molecule has 2 N–H and O–H groups in total. The van der Waals surface area contributed by atoms with Crippen molar-refractivity contribution in [3.63, 3.8) is 0 Å². The lowest BCUT2D eigenvalue weighted by Crippen LogP contribution is -2.53. The summed E-state index contributed by atoms with van der Waals surface area (Å²) in [6.45, 7) is 9.27. The Kier molecular flexibility index (Phi) is 9.56. The highest BCUT2D eigenvalue weighted by atomic mass is 16.6. The zero-order valence-corrected chi connectivity index (χ0v) is 19.1. The molecule has 2 aromatic carbocycles. The maximum atomic E-state index is 12.5. The van der Waals surface area contributed by atoms with Gasteiger partial charge in [-0.2, -0.15) is 0 Å². The second-order valence-electron chi connectivity index (χ2n) is 8.23. The van der Waals surface area contributed by atoms with Gasteiger partial charge in [-0.25, -0.2) is 4.79 Å². The molecule has 0 saturated carbocycles. The number of aliphatic hydroxyl groups excluding tert-OH is 1. The molecule has 0 heterocycles. The van der Waals surface area contributed by atoms with Crippen molar-refractivity contribution in [1.29, 1.82) is 0 Å². The first-order valence-electron chi connectivity index (χ1n) is 10.4. The van der Waals surface area contributed by atoms with Crippen LogP contribution in [0.4, 0.5) is 4.79 Å². The summed E-state index contributed by atoms with van der Waals surface area (Å²) in [5.74, 6) is 1.28. The van der Waals surface area contributed by atoms with Crippen LogP contribution in [0.3, 0.4) is 0 Å². The lowest BCUT2D eigenvalue weighted by molar-refractivity contribution is -0.0557. The Morgan fingerprint density at radius 3 is 2.28 bits per heavy atom. The van der Waals surface area contributed by atoms with Gasteiger partial charge in [-0.15, -0.1) is 6.58 Å². The van der Waals surface area contributed by atoms with Gasteiger partial charge >= 0.3 is 6.09 Å². The van der Waals surface area contributed by atoms with Gasteiger partial charge < -0.3 is 29.4 Å². The van der Waals surface area contributed by atoms with E-state index >= 15 is 0 Å². The molecule has 0 aliphatic rings. The SMILES string of the molecule is C=C[C@H](O)[C@@H](OCc1ccccc1)[C@@H](COc1ccc(OC)cc1)NC(=O)OC(C)(C)C. The molecule has 0 fully saturated rings. The minimum absolute atomic E-state index is 0.0376. The lowest BCUT2D eigenvalue weighted by atomic mass is 10.1. The van der Waals surface area contributed by atoms with E-state index in [1.165, 1.54) is 6.08 Å². The van der Waals surface area contributed by atoms with E-state index in [9.17, 15) is 9.90 Å². The number of methoxy groups -OCH3 is 1. The average Bonchev–Trinajstić information content (AvgIpc) is 2.76. The second kappa shape index (κ2) is 12.1. The molecule has 2 rings (SSSR count). The fourth-order valence-electron chi connectivity index (χ4n) is 2.89. The molecule has 0 bridgehead atoms. The van der Waals surface area contributed by atoms with Gasteiger partial charge in [0.2, 0.25) is 0 Å². The first kappa shape index (κ1) is 25.2. The zero-order chi connectivity index (χ0) is 23.6. The molecule has 7 nitrogen and oxygen atoms in total. The number of hydrogen-bond donors (Lipinski definition) is 2. The number of aliphatic hydroxyl groups is 1. The highest BCUT2D eigenvalue weighted by molar-refractivity contribution is 5.68. The van der Waals surface area contributed by atoms with Crippen molar-refractivity contribution in [3.8, 4) is 11.5 Å². The standard InChI is InChI=1S/C25H33NO6/c1-6-22(27)23(31-16-18-10-8-7-9-11-18)21(26-24(28)32-25(2,3)4)17-30-20-14-12-19(29-5)13-15-20/h6-15,21-23,27H,1,16-17H2,2-5H3,(H,26,28)/t21-,22+,23+/m1/s1. The third kappa shape index (κ3) is 8.61. The Bertz CT molecular complexity index is 832. The Balaban J connectivity index is 2.17. The fraction of sp³-hybridized carbons (Fsp3) is 0.400. The van der Waals surface area contributed by atoms with Crippen molar-refractivity contribution in [2.24, 2.45) is 0 Å². The summed E-state index contributed by atoms with van der Waals surface area (Å²) in [5, 5.41) is 13.3. The van der Waals surface area contributed by atoms with Gasteiger partial charge in [-0.05, 0) is 50.6 Å². The third-order valence-corrected chi connectivity index (χ3v) is 4.45. The van der Waals surface area contributed by atoms with Crippen molar-refractivity contribution in [2.75, 3.05) is 13.7 Å². The number of amides is 1. The molecular formula is C25H33NO6. The van der Waals surface area contributed by atoms with Gasteiger partial charge in [0.05, 0.1) is 19.8 Å². The number of nitrogens with one attached hydrogen (secondary N) is 1. The van der Waals surface area contributed by atoms with Crippen molar-refractivity contribution in [2.45, 2.75) is 51.2 Å². The van der Waals surface area contributed by atoms with Crippen molar-refractivity contribution >= 4 is 6.09 Å². The largest absolute Gasteiger partial charge is 0.497 e. The Morgan fingerprint density at radius 2 is 1.72 bits per heavy atom. The van der Waals surface area contributed by atoms with Crippen LogP contribution in [-0.2, 0) is 16.1 Å². The molecule has 0 saturated heterocycles. The van der Waals surface area contributed by atoms with Crippen LogP contribution in [0, 0.1) is 0 Å². The molecular weight excluding hydrogens is 410 g/mol. The Labute approximate surface area is 190 Å². The molecule has 0 unspecified atom stereocenters. The van der Waals surface area contributed by atoms with E-state index in [0.717, 1.165) is 5.56 Å². The molecule has 174 valence electrons. The number of ether oxygens (including phenoxy) is 4. The number of carbonyl (C=O) groups is 1. The van der Waals surface area contributed by atoms with Gasteiger partial charge in [-0.1, -0.05) is 36.4 Å². The van der Waals surface area contributed by atoms with E-state index in [1.807, 2.05) is 30.3 Å². The molecule has 1 amide bonds. The molecule has 0 aliphatic heterocycles. The predicted molar refractivity (Wildman–Crippen MR) is 123 cm³/mol. The van der Waals surface area contributed by atoms with Crippen molar-refractivity contribution in [3.05, 3.63) is 72.8 Å². The fourth-order valence-corrected chi connectivity index (χ4v) is 2.89. The van der Waals surface area contributed by atoms with E-state index in [0.29, 0.717) is 11.5 Å². The molecule has 0 aromatic heterocycles. The minimum atomic E-state index is -1.04. The third-order valence-electron chi connectivity index (χ3n) is 4.45. The minimum Gasteiger partial charge on any atom is -0.497 e. The zero-order valence-electron chi connectivity index (χ0n) is 19.1. The molecule has 32 heavy (non-hydrogen) atoms. The van der Waals surface area contributed by atoms with Crippen molar-refractivity contribution < 1.29 is 28.8 Å². The summed E-state index contributed by atoms with van der Waals surface area (Å²) in [4.78, 5) is 12.5. The van der Waals surface area contributed by atoms with E-state index in [4.69, 9.17) is 18.9 Å². The van der Waals surface area contributed by atoms with Crippen LogP contribution in [-0.4, -0.2) is 48.8 Å². The summed E-state index contributed by atoms with van der Waals surface area (Å²) in [5.41, 5.74) is 0.254. The highest BCUT2D eigenvalue weighted by Gasteiger charge is 2.31. The van der Waals surface area contributed by atoms with E-state index < -0.39 is 29.9 Å².